The lowest BCUT2D eigenvalue weighted by Crippen LogP contribution is -2.35. The Balaban J connectivity index is 0.00000289. The van der Waals surface area contributed by atoms with Crippen LogP contribution in [-0.2, 0) is 15.6 Å². The average Bonchev–Trinajstić information content (AvgIpc) is 2.63. The summed E-state index contributed by atoms with van der Waals surface area (Å²) in [6.07, 6.45) is 2.61. The number of hydrogen-bond donors (Lipinski definition) is 2. The van der Waals surface area contributed by atoms with Gasteiger partial charge in [-0.1, -0.05) is 0 Å². The normalized spacial score (nSPS) is 25.3. The van der Waals surface area contributed by atoms with Gasteiger partial charge in [0.1, 0.15) is 0 Å². The van der Waals surface area contributed by atoms with Crippen LogP contribution < -0.4 is 11.1 Å². The van der Waals surface area contributed by atoms with Gasteiger partial charge in [-0.15, -0.1) is 12.4 Å². The number of rotatable bonds is 4. The second-order valence-electron chi connectivity index (χ2n) is 5.72. The Morgan fingerprint density at radius 1 is 1.39 bits per heavy atom. The molecular weight excluding hydrogens is 272 g/mol. The van der Waals surface area contributed by atoms with Crippen molar-refractivity contribution < 1.29 is 9.00 Å². The Kier molecular flexibility index (Phi) is 7.40. The van der Waals surface area contributed by atoms with Crippen molar-refractivity contribution in [1.29, 1.82) is 0 Å². The first-order chi connectivity index (χ1) is 7.80. The fourth-order valence-electron chi connectivity index (χ4n) is 1.97. The van der Waals surface area contributed by atoms with Crippen molar-refractivity contribution in [2.24, 2.45) is 11.7 Å². The summed E-state index contributed by atoms with van der Waals surface area (Å²) in [6.45, 7) is 6.33. The predicted molar refractivity (Wildman–Crippen MR) is 78.3 cm³/mol. The highest BCUT2D eigenvalue weighted by Crippen LogP contribution is 2.23. The van der Waals surface area contributed by atoms with Gasteiger partial charge in [-0.2, -0.15) is 0 Å². The SMILES string of the molecule is CC(C)(C)S(=O)CCNC(=O)C1CCC(N)C1.Cl. The molecule has 0 spiro atoms. The standard InChI is InChI=1S/C12H24N2O2S.ClH/c1-12(2,3)17(16)7-6-14-11(15)9-4-5-10(13)8-9;/h9-10H,4-8,13H2,1-3H3,(H,14,15);1H. The second-order valence-corrected chi connectivity index (χ2v) is 8.05. The van der Waals surface area contributed by atoms with E-state index < -0.39 is 10.8 Å². The van der Waals surface area contributed by atoms with Gasteiger partial charge in [0.05, 0.1) is 0 Å². The topological polar surface area (TPSA) is 72.2 Å². The van der Waals surface area contributed by atoms with Gasteiger partial charge >= 0.3 is 0 Å². The molecule has 0 aliphatic heterocycles. The van der Waals surface area contributed by atoms with Gasteiger partial charge in [-0.25, -0.2) is 0 Å². The van der Waals surface area contributed by atoms with E-state index in [1.54, 1.807) is 0 Å². The molecule has 0 saturated heterocycles. The molecule has 3 N–H and O–H groups in total. The van der Waals surface area contributed by atoms with Crippen LogP contribution in [0.2, 0.25) is 0 Å². The minimum atomic E-state index is -0.902. The van der Waals surface area contributed by atoms with Crippen LogP contribution in [0.4, 0.5) is 0 Å². The van der Waals surface area contributed by atoms with Gasteiger partial charge in [0, 0.05) is 39.8 Å². The zero-order valence-electron chi connectivity index (χ0n) is 11.4. The van der Waals surface area contributed by atoms with E-state index in [4.69, 9.17) is 5.73 Å². The van der Waals surface area contributed by atoms with Crippen LogP contribution in [0.25, 0.3) is 0 Å². The summed E-state index contributed by atoms with van der Waals surface area (Å²) in [5.74, 6) is 0.658. The molecule has 1 aliphatic carbocycles. The number of hydrogen-bond acceptors (Lipinski definition) is 3. The smallest absolute Gasteiger partial charge is 0.223 e. The van der Waals surface area contributed by atoms with Crippen molar-refractivity contribution in [3.05, 3.63) is 0 Å². The van der Waals surface area contributed by atoms with Gasteiger partial charge in [-0.05, 0) is 40.0 Å². The van der Waals surface area contributed by atoms with Crippen molar-refractivity contribution in [2.75, 3.05) is 12.3 Å². The third-order valence-electron chi connectivity index (χ3n) is 3.11. The van der Waals surface area contributed by atoms with Gasteiger partial charge in [0.2, 0.25) is 5.91 Å². The summed E-state index contributed by atoms with van der Waals surface area (Å²) in [4.78, 5) is 11.8. The number of amides is 1. The van der Waals surface area contributed by atoms with Crippen LogP contribution in [0.1, 0.15) is 40.0 Å². The molecule has 1 aliphatic rings. The van der Waals surface area contributed by atoms with E-state index >= 15 is 0 Å². The van der Waals surface area contributed by atoms with E-state index in [1.807, 2.05) is 20.8 Å². The second kappa shape index (κ2) is 7.46. The summed E-state index contributed by atoms with van der Waals surface area (Å²) in [6, 6.07) is 0.175. The molecule has 1 rings (SSSR count). The van der Waals surface area contributed by atoms with E-state index in [2.05, 4.69) is 5.32 Å². The molecule has 4 nitrogen and oxygen atoms in total. The van der Waals surface area contributed by atoms with E-state index in [0.29, 0.717) is 12.3 Å². The Morgan fingerprint density at radius 3 is 2.44 bits per heavy atom. The minimum Gasteiger partial charge on any atom is -0.355 e. The number of carbonyl (C=O) groups excluding carboxylic acids is 1. The molecule has 1 saturated carbocycles. The molecule has 1 fully saturated rings. The summed E-state index contributed by atoms with van der Waals surface area (Å²) in [5, 5.41) is 2.86. The largest absolute Gasteiger partial charge is 0.355 e. The first-order valence-electron chi connectivity index (χ1n) is 6.22. The van der Waals surface area contributed by atoms with E-state index in [-0.39, 0.29) is 35.0 Å². The molecule has 108 valence electrons. The number of nitrogens with one attached hydrogen (secondary N) is 1. The fraction of sp³-hybridized carbons (Fsp3) is 0.917. The molecule has 0 aromatic rings. The molecule has 0 aromatic carbocycles. The zero-order chi connectivity index (χ0) is 13.1. The summed E-state index contributed by atoms with van der Waals surface area (Å²) < 4.78 is 11.6. The third-order valence-corrected chi connectivity index (χ3v) is 5.05. The first kappa shape index (κ1) is 17.9. The molecule has 0 bridgehead atoms. The molecular formula is C12H25ClN2O2S. The van der Waals surface area contributed by atoms with Gasteiger partial charge in [0.25, 0.3) is 0 Å². The van der Waals surface area contributed by atoms with Crippen molar-refractivity contribution in [1.82, 2.24) is 5.32 Å². The Labute approximate surface area is 118 Å². The molecule has 3 atom stereocenters. The minimum absolute atomic E-state index is 0. The van der Waals surface area contributed by atoms with Crippen LogP contribution in [0.15, 0.2) is 0 Å². The van der Waals surface area contributed by atoms with Crippen LogP contribution in [0, 0.1) is 5.92 Å². The number of halogens is 1. The van der Waals surface area contributed by atoms with Gasteiger partial charge in [0.15, 0.2) is 0 Å². The highest BCUT2D eigenvalue weighted by molar-refractivity contribution is 7.86. The lowest BCUT2D eigenvalue weighted by atomic mass is 10.1. The van der Waals surface area contributed by atoms with E-state index in [1.165, 1.54) is 0 Å². The number of nitrogens with two attached hydrogens (primary N) is 1. The maximum absolute atomic E-state index is 11.8. The molecule has 0 aromatic heterocycles. The van der Waals surface area contributed by atoms with Crippen LogP contribution >= 0.6 is 12.4 Å². The summed E-state index contributed by atoms with van der Waals surface area (Å²) in [7, 11) is -0.902. The highest BCUT2D eigenvalue weighted by Gasteiger charge is 2.27. The lowest BCUT2D eigenvalue weighted by molar-refractivity contribution is -0.124. The average molecular weight is 297 g/mol. The maximum atomic E-state index is 11.8. The monoisotopic (exact) mass is 296 g/mol. The molecule has 1 amide bonds. The quantitative estimate of drug-likeness (QED) is 0.819. The van der Waals surface area contributed by atoms with Crippen molar-refractivity contribution in [2.45, 2.75) is 50.8 Å². The van der Waals surface area contributed by atoms with Gasteiger partial charge < -0.3 is 11.1 Å². The highest BCUT2D eigenvalue weighted by atomic mass is 35.5. The van der Waals surface area contributed by atoms with Crippen molar-refractivity contribution in [3.8, 4) is 0 Å². The Bertz CT molecular complexity index is 305. The summed E-state index contributed by atoms with van der Waals surface area (Å²) in [5.41, 5.74) is 5.77. The van der Waals surface area contributed by atoms with E-state index in [9.17, 15) is 9.00 Å². The van der Waals surface area contributed by atoms with Gasteiger partial charge in [-0.3, -0.25) is 9.00 Å². The maximum Gasteiger partial charge on any atom is 0.223 e. The molecule has 6 heteroatoms. The third kappa shape index (κ3) is 5.67. The molecule has 0 heterocycles. The van der Waals surface area contributed by atoms with Crippen LogP contribution in [-0.4, -0.2) is 33.2 Å². The zero-order valence-corrected chi connectivity index (χ0v) is 13.0. The van der Waals surface area contributed by atoms with Crippen LogP contribution in [0.3, 0.4) is 0 Å². The Hall–Kier alpha value is -0.130. The fourth-order valence-corrected chi connectivity index (χ4v) is 2.87. The first-order valence-corrected chi connectivity index (χ1v) is 7.54. The predicted octanol–water partition coefficient (Wildman–Crippen LogP) is 1.20. The van der Waals surface area contributed by atoms with Crippen molar-refractivity contribution in [3.63, 3.8) is 0 Å². The van der Waals surface area contributed by atoms with E-state index in [0.717, 1.165) is 19.3 Å². The van der Waals surface area contributed by atoms with Crippen molar-refractivity contribution >= 4 is 29.1 Å². The molecule has 18 heavy (non-hydrogen) atoms. The molecule has 0 radical (unpaired) electrons. The van der Waals surface area contributed by atoms with Crippen LogP contribution in [0.5, 0.6) is 0 Å². The number of carbonyl (C=O) groups is 1. The summed E-state index contributed by atoms with van der Waals surface area (Å²) >= 11 is 0. The lowest BCUT2D eigenvalue weighted by Gasteiger charge is -2.18. The molecule has 3 unspecified atom stereocenters. The Morgan fingerprint density at radius 2 is 2.00 bits per heavy atom.